The highest BCUT2D eigenvalue weighted by atomic mass is 127. The van der Waals surface area contributed by atoms with Crippen molar-refractivity contribution in [3.63, 3.8) is 0 Å². The maximum Gasteiger partial charge on any atom is 0.0193 e. The molecule has 0 aliphatic heterocycles. The van der Waals surface area contributed by atoms with Gasteiger partial charge >= 0.3 is 0 Å². The van der Waals surface area contributed by atoms with E-state index in [0.717, 1.165) is 0 Å². The average Bonchev–Trinajstić information content (AvgIpc) is 2.16. The third-order valence-electron chi connectivity index (χ3n) is 2.68. The lowest BCUT2D eigenvalue weighted by Gasteiger charge is -2.34. The van der Waals surface area contributed by atoms with Gasteiger partial charge in [0, 0.05) is 41.0 Å². The van der Waals surface area contributed by atoms with E-state index in [4.69, 9.17) is 0 Å². The second-order valence-electron chi connectivity index (χ2n) is 3.48. The number of rotatable bonds is 3. The fourth-order valence-electron chi connectivity index (χ4n) is 1.88. The minimum Gasteiger partial charge on any atom is -0.317 e. The Labute approximate surface area is 88.6 Å². The second-order valence-corrected chi connectivity index (χ2v) is 4.11. The molecule has 1 fully saturated rings. The lowest BCUT2D eigenvalue weighted by Crippen LogP contribution is -2.47. The van der Waals surface area contributed by atoms with E-state index in [1.807, 2.05) is 14.1 Å². The van der Waals surface area contributed by atoms with Crippen LogP contribution in [0.1, 0.15) is 19.3 Å². The van der Waals surface area contributed by atoms with Crippen LogP contribution in [0, 0.1) is 0 Å². The van der Waals surface area contributed by atoms with Crippen molar-refractivity contribution in [3.8, 4) is 0 Å². The molecule has 0 saturated heterocycles. The third-order valence-corrected chi connectivity index (χ3v) is 3.56. The van der Waals surface area contributed by atoms with Crippen LogP contribution in [0.25, 0.3) is 0 Å². The Kier molecular flexibility index (Phi) is 4.78. The number of nitrogens with one attached hydrogen (secondary N) is 3. The summed E-state index contributed by atoms with van der Waals surface area (Å²) in [6, 6.07) is 2.00. The molecule has 4 heteroatoms. The molecule has 0 bridgehead atoms. The van der Waals surface area contributed by atoms with Gasteiger partial charge in [-0.3, -0.25) is 3.53 Å². The van der Waals surface area contributed by atoms with Crippen molar-refractivity contribution in [3.05, 3.63) is 0 Å². The maximum atomic E-state index is 3.35. The smallest absolute Gasteiger partial charge is 0.0193 e. The molecule has 0 spiro atoms. The molecule has 1 aliphatic carbocycles. The molecular formula is C8H18IN3. The van der Waals surface area contributed by atoms with Crippen LogP contribution in [-0.4, -0.2) is 32.2 Å². The normalized spacial score (nSPS) is 36.8. The van der Waals surface area contributed by atoms with E-state index < -0.39 is 0 Å². The zero-order valence-electron chi connectivity index (χ0n) is 7.73. The molecular weight excluding hydrogens is 265 g/mol. The summed E-state index contributed by atoms with van der Waals surface area (Å²) in [5, 5.41) is 6.70. The van der Waals surface area contributed by atoms with Crippen LogP contribution in [0.3, 0.4) is 0 Å². The van der Waals surface area contributed by atoms with Gasteiger partial charge in [-0.15, -0.1) is 0 Å². The molecule has 0 heterocycles. The number of halogens is 1. The molecule has 1 aliphatic rings. The fraction of sp³-hybridized carbons (Fsp3) is 1.00. The Morgan fingerprint density at radius 3 is 1.67 bits per heavy atom. The number of hydrogen-bond acceptors (Lipinski definition) is 3. The van der Waals surface area contributed by atoms with Crippen LogP contribution < -0.4 is 14.2 Å². The van der Waals surface area contributed by atoms with E-state index in [9.17, 15) is 0 Å². The Morgan fingerprint density at radius 2 is 1.33 bits per heavy atom. The third kappa shape index (κ3) is 2.83. The minimum absolute atomic E-state index is 0.661. The first-order chi connectivity index (χ1) is 5.80. The van der Waals surface area contributed by atoms with Crippen LogP contribution >= 0.6 is 22.9 Å². The van der Waals surface area contributed by atoms with Gasteiger partial charge in [0.1, 0.15) is 0 Å². The lowest BCUT2D eigenvalue weighted by atomic mass is 9.88. The van der Waals surface area contributed by atoms with E-state index in [1.54, 1.807) is 0 Å². The van der Waals surface area contributed by atoms with Crippen LogP contribution in [0.15, 0.2) is 0 Å². The van der Waals surface area contributed by atoms with Crippen LogP contribution in [-0.2, 0) is 0 Å². The van der Waals surface area contributed by atoms with Gasteiger partial charge in [-0.2, -0.15) is 0 Å². The van der Waals surface area contributed by atoms with E-state index in [-0.39, 0.29) is 0 Å². The quantitative estimate of drug-likeness (QED) is 0.526. The summed E-state index contributed by atoms with van der Waals surface area (Å²) >= 11 is 2.25. The van der Waals surface area contributed by atoms with Gasteiger partial charge in [-0.1, -0.05) is 0 Å². The predicted molar refractivity (Wildman–Crippen MR) is 60.5 cm³/mol. The van der Waals surface area contributed by atoms with Gasteiger partial charge in [-0.05, 0) is 33.4 Å². The van der Waals surface area contributed by atoms with E-state index in [2.05, 4.69) is 37.0 Å². The Balaban J connectivity index is 2.41. The standard InChI is InChI=1S/C8H18IN3/c1-10-6-3-7(11-2)5-8(4-6)12-9/h6-8,10-12H,3-5H2,1-2H3. The summed E-state index contributed by atoms with van der Waals surface area (Å²) in [7, 11) is 4.10. The molecule has 1 saturated carbocycles. The molecule has 0 amide bonds. The van der Waals surface area contributed by atoms with Crippen molar-refractivity contribution in [1.29, 1.82) is 0 Å². The second kappa shape index (κ2) is 5.36. The largest absolute Gasteiger partial charge is 0.317 e. The summed E-state index contributed by atoms with van der Waals surface area (Å²) in [5.74, 6) is 0. The molecule has 0 aromatic heterocycles. The molecule has 0 aromatic carbocycles. The zero-order valence-corrected chi connectivity index (χ0v) is 9.89. The molecule has 2 atom stereocenters. The van der Waals surface area contributed by atoms with Gasteiger partial charge in [0.15, 0.2) is 0 Å². The molecule has 0 radical (unpaired) electrons. The lowest BCUT2D eigenvalue weighted by molar-refractivity contribution is 0.289. The SMILES string of the molecule is CNC1CC(NC)CC(NI)C1. The Morgan fingerprint density at radius 1 is 0.917 bits per heavy atom. The van der Waals surface area contributed by atoms with Gasteiger partial charge in [0.05, 0.1) is 0 Å². The topological polar surface area (TPSA) is 36.1 Å². The average molecular weight is 283 g/mol. The van der Waals surface area contributed by atoms with Crippen molar-refractivity contribution < 1.29 is 0 Å². The molecule has 72 valence electrons. The van der Waals surface area contributed by atoms with Crippen molar-refractivity contribution in [2.24, 2.45) is 0 Å². The molecule has 1 rings (SSSR count). The molecule has 0 aromatic rings. The Hall–Kier alpha value is 0.610. The highest BCUT2D eigenvalue weighted by Gasteiger charge is 2.26. The highest BCUT2D eigenvalue weighted by Crippen LogP contribution is 2.19. The van der Waals surface area contributed by atoms with Crippen LogP contribution in [0.4, 0.5) is 0 Å². The molecule has 3 nitrogen and oxygen atoms in total. The van der Waals surface area contributed by atoms with Crippen molar-refractivity contribution in [2.75, 3.05) is 14.1 Å². The van der Waals surface area contributed by atoms with E-state index in [1.165, 1.54) is 19.3 Å². The minimum atomic E-state index is 0.661. The van der Waals surface area contributed by atoms with Gasteiger partial charge in [-0.25, -0.2) is 0 Å². The number of hydrogen-bond donors (Lipinski definition) is 3. The highest BCUT2D eigenvalue weighted by molar-refractivity contribution is 14.1. The maximum absolute atomic E-state index is 3.35. The first-order valence-electron chi connectivity index (χ1n) is 4.50. The summed E-state index contributed by atoms with van der Waals surface area (Å²) in [5.41, 5.74) is 0. The zero-order chi connectivity index (χ0) is 8.97. The molecule has 3 N–H and O–H groups in total. The summed E-state index contributed by atoms with van der Waals surface area (Å²) in [6.45, 7) is 0. The summed E-state index contributed by atoms with van der Waals surface area (Å²) < 4.78 is 3.32. The van der Waals surface area contributed by atoms with Crippen molar-refractivity contribution in [2.45, 2.75) is 37.4 Å². The summed E-state index contributed by atoms with van der Waals surface area (Å²) in [4.78, 5) is 0. The first-order valence-corrected chi connectivity index (χ1v) is 5.58. The summed E-state index contributed by atoms with van der Waals surface area (Å²) in [6.07, 6.45) is 3.75. The van der Waals surface area contributed by atoms with E-state index >= 15 is 0 Å². The fourth-order valence-corrected chi connectivity index (χ4v) is 2.39. The predicted octanol–water partition coefficient (Wildman–Crippen LogP) is 0.654. The monoisotopic (exact) mass is 283 g/mol. The molecule has 2 unspecified atom stereocenters. The van der Waals surface area contributed by atoms with Gasteiger partial charge in [0.25, 0.3) is 0 Å². The van der Waals surface area contributed by atoms with Gasteiger partial charge in [0.2, 0.25) is 0 Å². The Bertz CT molecular complexity index is 102. The first kappa shape index (κ1) is 10.7. The van der Waals surface area contributed by atoms with Gasteiger partial charge < -0.3 is 10.6 Å². The van der Waals surface area contributed by atoms with Crippen LogP contribution in [0.2, 0.25) is 0 Å². The van der Waals surface area contributed by atoms with Crippen LogP contribution in [0.5, 0.6) is 0 Å². The van der Waals surface area contributed by atoms with E-state index in [0.29, 0.717) is 18.1 Å². The van der Waals surface area contributed by atoms with Crippen molar-refractivity contribution >= 4 is 22.9 Å². The van der Waals surface area contributed by atoms with Crippen molar-refractivity contribution in [1.82, 2.24) is 14.2 Å². The molecule has 12 heavy (non-hydrogen) atoms.